The zero-order valence-electron chi connectivity index (χ0n) is 7.29. The summed E-state index contributed by atoms with van der Waals surface area (Å²) >= 11 is 0. The van der Waals surface area contributed by atoms with Crippen LogP contribution in [0.1, 0.15) is 19.8 Å². The molecule has 0 aromatic rings. The Morgan fingerprint density at radius 1 is 1.75 bits per heavy atom. The molecular formula is C8H16N2O2. The van der Waals surface area contributed by atoms with Gasteiger partial charge in [-0.1, -0.05) is 0 Å². The summed E-state index contributed by atoms with van der Waals surface area (Å²) in [5.74, 6) is 0.332. The molecule has 0 spiro atoms. The van der Waals surface area contributed by atoms with Crippen LogP contribution in [0.5, 0.6) is 0 Å². The summed E-state index contributed by atoms with van der Waals surface area (Å²) < 4.78 is 0. The van der Waals surface area contributed by atoms with E-state index in [1.807, 2.05) is 0 Å². The topological polar surface area (TPSA) is 75.4 Å². The highest BCUT2D eigenvalue weighted by Crippen LogP contribution is 2.25. The number of nitrogens with one attached hydrogen (secondary N) is 1. The van der Waals surface area contributed by atoms with Gasteiger partial charge >= 0.3 is 0 Å². The average molecular weight is 172 g/mol. The number of hydrogen-bond acceptors (Lipinski definition) is 3. The summed E-state index contributed by atoms with van der Waals surface area (Å²) in [5, 5.41) is 11.7. The Morgan fingerprint density at radius 2 is 2.33 bits per heavy atom. The number of amides is 1. The molecule has 1 atom stereocenters. The largest absolute Gasteiger partial charge is 0.393 e. The summed E-state index contributed by atoms with van der Waals surface area (Å²) in [6.45, 7) is 2.31. The zero-order valence-corrected chi connectivity index (χ0v) is 7.29. The first-order valence-electron chi connectivity index (χ1n) is 4.31. The predicted molar refractivity (Wildman–Crippen MR) is 45.4 cm³/mol. The lowest BCUT2D eigenvalue weighted by Crippen LogP contribution is -2.43. The molecule has 0 bridgehead atoms. The molecule has 0 unspecified atom stereocenters. The quantitative estimate of drug-likeness (QED) is 0.523. The van der Waals surface area contributed by atoms with Crippen LogP contribution >= 0.6 is 0 Å². The average Bonchev–Trinajstić information content (AvgIpc) is 1.95. The molecule has 0 heterocycles. The summed E-state index contributed by atoms with van der Waals surface area (Å²) in [6, 6.07) is -0.435. The minimum atomic E-state index is -0.435. The first-order valence-corrected chi connectivity index (χ1v) is 4.31. The van der Waals surface area contributed by atoms with E-state index in [0.717, 1.165) is 12.8 Å². The molecule has 4 heteroatoms. The molecule has 1 amide bonds. The fourth-order valence-corrected chi connectivity index (χ4v) is 1.27. The van der Waals surface area contributed by atoms with Crippen LogP contribution in [0.4, 0.5) is 0 Å². The van der Waals surface area contributed by atoms with Gasteiger partial charge in [0, 0.05) is 6.54 Å². The normalized spacial score (nSPS) is 30.6. The van der Waals surface area contributed by atoms with Crippen molar-refractivity contribution in [2.45, 2.75) is 31.9 Å². The zero-order chi connectivity index (χ0) is 9.14. The third kappa shape index (κ3) is 2.46. The molecule has 1 saturated carbocycles. The van der Waals surface area contributed by atoms with Crippen molar-refractivity contribution in [3.63, 3.8) is 0 Å². The van der Waals surface area contributed by atoms with Crippen molar-refractivity contribution in [1.82, 2.24) is 5.32 Å². The van der Waals surface area contributed by atoms with Gasteiger partial charge in [-0.2, -0.15) is 0 Å². The van der Waals surface area contributed by atoms with Gasteiger partial charge in [0.1, 0.15) is 0 Å². The summed E-state index contributed by atoms with van der Waals surface area (Å²) in [5.41, 5.74) is 5.35. The number of hydrogen-bond donors (Lipinski definition) is 3. The minimum Gasteiger partial charge on any atom is -0.393 e. The van der Waals surface area contributed by atoms with Crippen molar-refractivity contribution in [2.75, 3.05) is 6.54 Å². The van der Waals surface area contributed by atoms with E-state index >= 15 is 0 Å². The molecule has 1 aliphatic carbocycles. The molecule has 12 heavy (non-hydrogen) atoms. The Bertz CT molecular complexity index is 164. The van der Waals surface area contributed by atoms with E-state index < -0.39 is 6.04 Å². The van der Waals surface area contributed by atoms with Crippen LogP contribution in [0.3, 0.4) is 0 Å². The van der Waals surface area contributed by atoms with Crippen LogP contribution in [-0.4, -0.2) is 29.7 Å². The van der Waals surface area contributed by atoms with E-state index in [-0.39, 0.29) is 12.0 Å². The molecule has 0 aromatic carbocycles. The van der Waals surface area contributed by atoms with Gasteiger partial charge in [0.25, 0.3) is 0 Å². The highest BCUT2D eigenvalue weighted by Gasteiger charge is 2.27. The smallest absolute Gasteiger partial charge is 0.236 e. The predicted octanol–water partition coefficient (Wildman–Crippen LogP) is -0.779. The van der Waals surface area contributed by atoms with E-state index in [2.05, 4.69) is 5.32 Å². The standard InChI is InChI=1S/C8H16N2O2/c1-5(9)8(12)10-4-6-2-7(11)3-6/h5-7,11H,2-4,9H2,1H3,(H,10,12)/t5-,6?,7?/m0/s1. The van der Waals surface area contributed by atoms with E-state index in [4.69, 9.17) is 10.8 Å². The second-order valence-corrected chi connectivity index (χ2v) is 3.53. The molecule has 0 radical (unpaired) electrons. The first-order chi connectivity index (χ1) is 5.59. The summed E-state index contributed by atoms with van der Waals surface area (Å²) in [4.78, 5) is 11.0. The molecule has 0 aromatic heterocycles. The van der Waals surface area contributed by atoms with E-state index in [1.54, 1.807) is 6.92 Å². The first kappa shape index (κ1) is 9.48. The van der Waals surface area contributed by atoms with Crippen molar-refractivity contribution in [2.24, 2.45) is 11.7 Å². The van der Waals surface area contributed by atoms with Crippen LogP contribution in [0.25, 0.3) is 0 Å². The van der Waals surface area contributed by atoms with Gasteiger partial charge in [-0.3, -0.25) is 4.79 Å². The molecule has 0 saturated heterocycles. The molecular weight excluding hydrogens is 156 g/mol. The highest BCUT2D eigenvalue weighted by molar-refractivity contribution is 5.80. The van der Waals surface area contributed by atoms with Gasteiger partial charge in [-0.05, 0) is 25.7 Å². The molecule has 1 fully saturated rings. The maximum absolute atomic E-state index is 11.0. The second kappa shape index (κ2) is 3.87. The molecule has 0 aliphatic heterocycles. The van der Waals surface area contributed by atoms with Crippen LogP contribution in [0.2, 0.25) is 0 Å². The Kier molecular flexibility index (Phi) is 3.05. The van der Waals surface area contributed by atoms with Crippen LogP contribution in [0.15, 0.2) is 0 Å². The Labute approximate surface area is 72.1 Å². The van der Waals surface area contributed by atoms with Crippen molar-refractivity contribution in [3.05, 3.63) is 0 Å². The van der Waals surface area contributed by atoms with Gasteiger partial charge in [0.05, 0.1) is 12.1 Å². The van der Waals surface area contributed by atoms with Crippen LogP contribution in [0, 0.1) is 5.92 Å². The second-order valence-electron chi connectivity index (χ2n) is 3.53. The molecule has 4 N–H and O–H groups in total. The van der Waals surface area contributed by atoms with Crippen molar-refractivity contribution in [3.8, 4) is 0 Å². The SMILES string of the molecule is C[C@H](N)C(=O)NCC1CC(O)C1. The molecule has 1 rings (SSSR count). The fourth-order valence-electron chi connectivity index (χ4n) is 1.27. The van der Waals surface area contributed by atoms with Crippen LogP contribution in [-0.2, 0) is 4.79 Å². The van der Waals surface area contributed by atoms with Gasteiger partial charge in [-0.15, -0.1) is 0 Å². The lowest BCUT2D eigenvalue weighted by Gasteiger charge is -2.31. The minimum absolute atomic E-state index is 0.114. The highest BCUT2D eigenvalue weighted by atomic mass is 16.3. The van der Waals surface area contributed by atoms with Gasteiger partial charge in [-0.25, -0.2) is 0 Å². The monoisotopic (exact) mass is 172 g/mol. The van der Waals surface area contributed by atoms with Gasteiger partial charge in [0.15, 0.2) is 0 Å². The fraction of sp³-hybridized carbons (Fsp3) is 0.875. The van der Waals surface area contributed by atoms with Crippen molar-refractivity contribution < 1.29 is 9.90 Å². The summed E-state index contributed by atoms with van der Waals surface area (Å²) in [7, 11) is 0. The Morgan fingerprint density at radius 3 is 2.75 bits per heavy atom. The van der Waals surface area contributed by atoms with E-state index in [0.29, 0.717) is 12.5 Å². The Balaban J connectivity index is 2.06. The van der Waals surface area contributed by atoms with Crippen molar-refractivity contribution >= 4 is 5.91 Å². The van der Waals surface area contributed by atoms with E-state index in [9.17, 15) is 4.79 Å². The lowest BCUT2D eigenvalue weighted by molar-refractivity contribution is -0.122. The number of carbonyl (C=O) groups excluding carboxylic acids is 1. The van der Waals surface area contributed by atoms with E-state index in [1.165, 1.54) is 0 Å². The number of aliphatic hydroxyl groups is 1. The number of carbonyl (C=O) groups is 1. The molecule has 70 valence electrons. The van der Waals surface area contributed by atoms with Crippen LogP contribution < -0.4 is 11.1 Å². The maximum Gasteiger partial charge on any atom is 0.236 e. The number of rotatable bonds is 3. The summed E-state index contributed by atoms with van der Waals surface area (Å²) in [6.07, 6.45) is 1.46. The van der Waals surface area contributed by atoms with Crippen molar-refractivity contribution in [1.29, 1.82) is 0 Å². The third-order valence-corrected chi connectivity index (χ3v) is 2.19. The van der Waals surface area contributed by atoms with Gasteiger partial charge < -0.3 is 16.2 Å². The number of aliphatic hydroxyl groups excluding tert-OH is 1. The Hall–Kier alpha value is -0.610. The lowest BCUT2D eigenvalue weighted by atomic mass is 9.82. The maximum atomic E-state index is 11.0. The molecule has 1 aliphatic rings. The van der Waals surface area contributed by atoms with Gasteiger partial charge in [0.2, 0.25) is 5.91 Å². The number of nitrogens with two attached hydrogens (primary N) is 1. The third-order valence-electron chi connectivity index (χ3n) is 2.19. The molecule has 4 nitrogen and oxygen atoms in total.